The molecule has 0 aromatic heterocycles. The summed E-state index contributed by atoms with van der Waals surface area (Å²) < 4.78 is 106. The number of carbonyl (C=O) groups excluding carboxylic acids is 1. The molecule has 3 aromatic carbocycles. The molecule has 12 heteroatoms. The fourth-order valence-corrected chi connectivity index (χ4v) is 3.33. The number of hydrogen-bond acceptors (Lipinski definition) is 2. The van der Waals surface area contributed by atoms with Gasteiger partial charge in [0.15, 0.2) is 0 Å². The Bertz CT molecular complexity index is 1250. The van der Waals surface area contributed by atoms with E-state index < -0.39 is 63.9 Å². The zero-order valence-electron chi connectivity index (χ0n) is 16.6. The summed E-state index contributed by atoms with van der Waals surface area (Å²) >= 11 is 5.61. The lowest BCUT2D eigenvalue weighted by atomic mass is 10.00. The van der Waals surface area contributed by atoms with Gasteiger partial charge in [0.25, 0.3) is 0 Å². The van der Waals surface area contributed by atoms with E-state index in [0.717, 1.165) is 18.2 Å². The first kappa shape index (κ1) is 25.3. The van der Waals surface area contributed by atoms with Gasteiger partial charge in [0.2, 0.25) is 5.91 Å². The van der Waals surface area contributed by atoms with Gasteiger partial charge in [-0.2, -0.15) is 26.3 Å². The highest BCUT2D eigenvalue weighted by molar-refractivity contribution is 6.34. The van der Waals surface area contributed by atoms with Crippen LogP contribution >= 0.6 is 11.6 Å². The van der Waals surface area contributed by atoms with E-state index in [2.05, 4.69) is 0 Å². The second-order valence-corrected chi connectivity index (χ2v) is 7.45. The predicted molar refractivity (Wildman–Crippen MR) is 107 cm³/mol. The Balaban J connectivity index is 1.93. The molecule has 0 aliphatic rings. The van der Waals surface area contributed by atoms with Gasteiger partial charge >= 0.3 is 12.4 Å². The molecular weight excluding hydrogens is 498 g/mol. The molecule has 0 aliphatic heterocycles. The first-order chi connectivity index (χ1) is 15.7. The van der Waals surface area contributed by atoms with E-state index in [4.69, 9.17) is 11.6 Å². The molecule has 0 saturated carbocycles. The summed E-state index contributed by atoms with van der Waals surface area (Å²) in [5.74, 6) is -3.33. The van der Waals surface area contributed by atoms with Crippen molar-refractivity contribution >= 4 is 23.2 Å². The van der Waals surface area contributed by atoms with Gasteiger partial charge in [-0.05, 0) is 42.0 Å². The Labute approximate surface area is 191 Å². The zero-order valence-corrected chi connectivity index (χ0v) is 17.3. The van der Waals surface area contributed by atoms with Gasteiger partial charge in [-0.15, -0.1) is 0 Å². The summed E-state index contributed by atoms with van der Waals surface area (Å²) in [5.41, 5.74) is -4.48. The van der Waals surface area contributed by atoms with E-state index in [-0.39, 0.29) is 28.8 Å². The van der Waals surface area contributed by atoms with Crippen molar-refractivity contribution in [1.82, 2.24) is 0 Å². The van der Waals surface area contributed by atoms with Crippen molar-refractivity contribution in [1.29, 1.82) is 0 Å². The zero-order chi connectivity index (χ0) is 25.4. The Morgan fingerprint density at radius 3 is 2.18 bits per heavy atom. The summed E-state index contributed by atoms with van der Waals surface area (Å²) in [7, 11) is 0. The van der Waals surface area contributed by atoms with Crippen LogP contribution in [0.2, 0.25) is 5.02 Å². The Hall–Kier alpha value is -3.34. The second kappa shape index (κ2) is 9.13. The van der Waals surface area contributed by atoms with Gasteiger partial charge in [-0.25, -0.2) is 8.78 Å². The van der Waals surface area contributed by atoms with Crippen molar-refractivity contribution in [3.8, 4) is 16.9 Å². The molecule has 0 aliphatic carbocycles. The number of phenolic OH excluding ortho intramolecular Hbond substituents is 1. The monoisotopic (exact) mass is 509 g/mol. The SMILES string of the molecule is O=C(Cc1cc(-c2ccc(F)cc2F)ccc1O)Nc1cc(C(F)(F)F)cc(C(F)(F)F)c1Cl. The fourth-order valence-electron chi connectivity index (χ4n) is 3.07. The topological polar surface area (TPSA) is 49.3 Å². The summed E-state index contributed by atoms with van der Waals surface area (Å²) in [5, 5.41) is 10.7. The highest BCUT2D eigenvalue weighted by Crippen LogP contribution is 2.43. The number of nitrogens with one attached hydrogen (secondary N) is 1. The fraction of sp³-hybridized carbons (Fsp3) is 0.136. The molecule has 0 unspecified atom stereocenters. The van der Waals surface area contributed by atoms with E-state index in [1.807, 2.05) is 5.32 Å². The molecule has 0 radical (unpaired) electrons. The molecule has 34 heavy (non-hydrogen) atoms. The molecule has 3 nitrogen and oxygen atoms in total. The third-order valence-corrected chi connectivity index (χ3v) is 5.06. The first-order valence-electron chi connectivity index (χ1n) is 9.22. The summed E-state index contributed by atoms with van der Waals surface area (Å²) in [6.07, 6.45) is -11.1. The van der Waals surface area contributed by atoms with Crippen molar-refractivity contribution in [3.63, 3.8) is 0 Å². The van der Waals surface area contributed by atoms with Crippen LogP contribution in [0.3, 0.4) is 0 Å². The number of rotatable bonds is 4. The number of anilines is 1. The summed E-state index contributed by atoms with van der Waals surface area (Å²) in [6, 6.07) is 6.31. The van der Waals surface area contributed by atoms with Crippen LogP contribution in [0.15, 0.2) is 48.5 Å². The smallest absolute Gasteiger partial charge is 0.417 e. The number of alkyl halides is 6. The highest BCUT2D eigenvalue weighted by Gasteiger charge is 2.39. The van der Waals surface area contributed by atoms with Gasteiger partial charge in [0, 0.05) is 17.2 Å². The molecule has 0 fully saturated rings. The van der Waals surface area contributed by atoms with E-state index in [9.17, 15) is 45.0 Å². The minimum atomic E-state index is -5.23. The van der Waals surface area contributed by atoms with Gasteiger partial charge < -0.3 is 10.4 Å². The Morgan fingerprint density at radius 2 is 1.59 bits per heavy atom. The Kier molecular flexibility index (Phi) is 6.79. The Morgan fingerprint density at radius 1 is 0.912 bits per heavy atom. The standard InChI is InChI=1S/C22H12ClF8NO2/c23-20-15(22(29,30)31)7-12(21(26,27)28)8-17(20)32-19(34)6-11-5-10(1-4-18(11)33)14-3-2-13(24)9-16(14)25/h1-5,7-9,33H,6H2,(H,32,34). The number of amides is 1. The third-order valence-electron chi connectivity index (χ3n) is 4.65. The molecule has 3 rings (SSSR count). The van der Waals surface area contributed by atoms with Crippen LogP contribution in [0.4, 0.5) is 40.8 Å². The van der Waals surface area contributed by atoms with Crippen LogP contribution in [0.1, 0.15) is 16.7 Å². The summed E-state index contributed by atoms with van der Waals surface area (Å²) in [4.78, 5) is 12.4. The maximum Gasteiger partial charge on any atom is 0.417 e. The van der Waals surface area contributed by atoms with Crippen LogP contribution < -0.4 is 5.32 Å². The minimum absolute atomic E-state index is 0.0706. The van der Waals surface area contributed by atoms with Gasteiger partial charge in [-0.3, -0.25) is 4.79 Å². The molecule has 1 amide bonds. The van der Waals surface area contributed by atoms with Crippen molar-refractivity contribution in [2.45, 2.75) is 18.8 Å². The lowest BCUT2D eigenvalue weighted by Gasteiger charge is -2.17. The molecule has 0 bridgehead atoms. The maximum atomic E-state index is 14.1. The van der Waals surface area contributed by atoms with E-state index in [1.54, 1.807) is 0 Å². The van der Waals surface area contributed by atoms with Crippen LogP contribution in [0, 0.1) is 11.6 Å². The minimum Gasteiger partial charge on any atom is -0.508 e. The molecule has 0 saturated heterocycles. The highest BCUT2D eigenvalue weighted by atomic mass is 35.5. The average Bonchev–Trinajstić information content (AvgIpc) is 2.69. The lowest BCUT2D eigenvalue weighted by Crippen LogP contribution is -2.18. The van der Waals surface area contributed by atoms with E-state index in [1.165, 1.54) is 12.1 Å². The van der Waals surface area contributed by atoms with E-state index in [0.29, 0.717) is 6.07 Å². The number of benzene rings is 3. The van der Waals surface area contributed by atoms with Gasteiger partial charge in [-0.1, -0.05) is 17.7 Å². The number of hydrogen-bond donors (Lipinski definition) is 2. The molecule has 0 spiro atoms. The predicted octanol–water partition coefficient (Wildman–Crippen LogP) is 7.21. The number of phenols is 1. The van der Waals surface area contributed by atoms with E-state index >= 15 is 0 Å². The van der Waals surface area contributed by atoms with Gasteiger partial charge in [0.1, 0.15) is 17.4 Å². The van der Waals surface area contributed by atoms with Crippen molar-refractivity contribution in [3.05, 3.63) is 81.9 Å². The van der Waals surface area contributed by atoms with Crippen molar-refractivity contribution in [2.75, 3.05) is 5.32 Å². The third kappa shape index (κ3) is 5.58. The van der Waals surface area contributed by atoms with Crippen LogP contribution in [-0.4, -0.2) is 11.0 Å². The molecule has 2 N–H and O–H groups in total. The maximum absolute atomic E-state index is 14.1. The number of aromatic hydroxyl groups is 1. The summed E-state index contributed by atoms with van der Waals surface area (Å²) in [6.45, 7) is 0. The normalized spacial score (nSPS) is 12.0. The van der Waals surface area contributed by atoms with Crippen LogP contribution in [-0.2, 0) is 23.6 Å². The molecule has 0 atom stereocenters. The first-order valence-corrected chi connectivity index (χ1v) is 9.59. The average molecular weight is 510 g/mol. The quantitative estimate of drug-likeness (QED) is 0.365. The van der Waals surface area contributed by atoms with Gasteiger partial charge in [0.05, 0.1) is 28.3 Å². The number of halogens is 9. The van der Waals surface area contributed by atoms with Crippen LogP contribution in [0.5, 0.6) is 5.75 Å². The molecular formula is C22H12ClF8NO2. The largest absolute Gasteiger partial charge is 0.508 e. The van der Waals surface area contributed by atoms with Crippen molar-refractivity contribution in [2.24, 2.45) is 0 Å². The molecule has 180 valence electrons. The molecule has 0 heterocycles. The molecule has 3 aromatic rings. The number of carbonyl (C=O) groups is 1. The second-order valence-electron chi connectivity index (χ2n) is 7.07. The lowest BCUT2D eigenvalue weighted by molar-refractivity contribution is -0.143. The van der Waals surface area contributed by atoms with Crippen LogP contribution in [0.25, 0.3) is 11.1 Å². The van der Waals surface area contributed by atoms with Crippen molar-refractivity contribution < 1.29 is 45.0 Å².